The van der Waals surface area contributed by atoms with Gasteiger partial charge in [0.1, 0.15) is 11.6 Å². The highest BCUT2D eigenvalue weighted by Crippen LogP contribution is 2.36. The predicted octanol–water partition coefficient (Wildman–Crippen LogP) is 5.47. The van der Waals surface area contributed by atoms with Crippen molar-refractivity contribution in [2.24, 2.45) is 5.92 Å². The number of amides is 1. The van der Waals surface area contributed by atoms with Crippen LogP contribution in [0, 0.1) is 18.7 Å². The van der Waals surface area contributed by atoms with Gasteiger partial charge in [-0.15, -0.1) is 11.3 Å². The Morgan fingerprint density at radius 1 is 1.12 bits per heavy atom. The molecule has 1 saturated heterocycles. The smallest absolute Gasteiger partial charge is 0.219 e. The molecule has 0 saturated carbocycles. The molecule has 0 spiro atoms. The van der Waals surface area contributed by atoms with Crippen LogP contribution in [0.15, 0.2) is 60.0 Å². The van der Waals surface area contributed by atoms with E-state index in [-0.39, 0.29) is 11.7 Å². The quantitative estimate of drug-likeness (QED) is 0.441. The Balaban J connectivity index is 1.54. The minimum Gasteiger partial charge on any atom is -0.497 e. The zero-order valence-corrected chi connectivity index (χ0v) is 20.3. The van der Waals surface area contributed by atoms with Crippen LogP contribution in [-0.4, -0.2) is 42.5 Å². The summed E-state index contributed by atoms with van der Waals surface area (Å²) in [5.41, 5.74) is 3.55. The molecule has 6 heteroatoms. The Morgan fingerprint density at radius 3 is 2.45 bits per heavy atom. The fourth-order valence-electron chi connectivity index (χ4n) is 4.67. The minimum absolute atomic E-state index is 0.0420. The van der Waals surface area contributed by atoms with Crippen molar-refractivity contribution in [3.8, 4) is 5.75 Å². The highest BCUT2D eigenvalue weighted by Gasteiger charge is 2.35. The lowest BCUT2D eigenvalue weighted by atomic mass is 9.88. The second kappa shape index (κ2) is 10.5. The lowest BCUT2D eigenvalue weighted by molar-refractivity contribution is -0.130. The number of hydrogen-bond acceptors (Lipinski definition) is 4. The van der Waals surface area contributed by atoms with Gasteiger partial charge in [0.2, 0.25) is 5.91 Å². The van der Waals surface area contributed by atoms with Crippen molar-refractivity contribution in [2.75, 3.05) is 26.7 Å². The monoisotopic (exact) mass is 466 g/mol. The molecular formula is C27H31FN2O2S. The number of methoxy groups -OCH3 is 1. The first-order valence-electron chi connectivity index (χ1n) is 11.3. The van der Waals surface area contributed by atoms with Gasteiger partial charge in [0.15, 0.2) is 0 Å². The molecule has 2 aromatic carbocycles. The van der Waals surface area contributed by atoms with Crippen molar-refractivity contribution in [1.82, 2.24) is 9.80 Å². The van der Waals surface area contributed by atoms with Crippen molar-refractivity contribution in [2.45, 2.75) is 32.9 Å². The van der Waals surface area contributed by atoms with Gasteiger partial charge in [-0.25, -0.2) is 4.39 Å². The predicted molar refractivity (Wildman–Crippen MR) is 131 cm³/mol. The third kappa shape index (κ3) is 5.81. The van der Waals surface area contributed by atoms with Crippen LogP contribution in [0.2, 0.25) is 0 Å². The summed E-state index contributed by atoms with van der Waals surface area (Å²) in [6.07, 6.45) is 0. The zero-order chi connectivity index (χ0) is 23.4. The molecule has 1 amide bonds. The van der Waals surface area contributed by atoms with E-state index >= 15 is 0 Å². The Kier molecular flexibility index (Phi) is 7.46. The fraction of sp³-hybridized carbons (Fsp3) is 0.370. The van der Waals surface area contributed by atoms with Crippen LogP contribution in [0.5, 0.6) is 5.75 Å². The first kappa shape index (κ1) is 23.5. The van der Waals surface area contributed by atoms with E-state index < -0.39 is 0 Å². The molecule has 1 aliphatic heterocycles. The van der Waals surface area contributed by atoms with E-state index in [9.17, 15) is 9.18 Å². The van der Waals surface area contributed by atoms with Gasteiger partial charge in [0.25, 0.3) is 0 Å². The molecular weight excluding hydrogens is 435 g/mol. The minimum atomic E-state index is -0.261. The number of carbonyl (C=O) groups excluding carboxylic acids is 1. The Labute approximate surface area is 199 Å². The number of rotatable bonds is 8. The molecule has 1 aromatic heterocycles. The van der Waals surface area contributed by atoms with E-state index in [1.54, 1.807) is 26.2 Å². The number of hydrogen-bond donors (Lipinski definition) is 0. The Bertz CT molecular complexity index is 1060. The highest BCUT2D eigenvalue weighted by molar-refractivity contribution is 7.10. The maximum atomic E-state index is 13.3. The zero-order valence-electron chi connectivity index (χ0n) is 19.5. The van der Waals surface area contributed by atoms with Crippen LogP contribution in [-0.2, 0) is 17.9 Å². The topological polar surface area (TPSA) is 32.8 Å². The Morgan fingerprint density at radius 2 is 1.85 bits per heavy atom. The molecule has 174 valence electrons. The summed E-state index contributed by atoms with van der Waals surface area (Å²) >= 11 is 1.81. The average Bonchev–Trinajstić information content (AvgIpc) is 3.40. The first-order valence-corrected chi connectivity index (χ1v) is 12.2. The van der Waals surface area contributed by atoms with Gasteiger partial charge < -0.3 is 9.64 Å². The number of thiophene rings is 1. The van der Waals surface area contributed by atoms with Crippen LogP contribution < -0.4 is 4.74 Å². The average molecular weight is 467 g/mol. The molecule has 2 heterocycles. The lowest BCUT2D eigenvalue weighted by Crippen LogP contribution is -2.35. The number of carbonyl (C=O) groups is 1. The van der Waals surface area contributed by atoms with Gasteiger partial charge in [-0.1, -0.05) is 24.3 Å². The van der Waals surface area contributed by atoms with Crippen LogP contribution in [0.3, 0.4) is 0 Å². The van der Waals surface area contributed by atoms with Crippen LogP contribution in [0.1, 0.15) is 34.4 Å². The van der Waals surface area contributed by atoms with Gasteiger partial charge in [-0.05, 0) is 65.2 Å². The molecule has 0 aliphatic carbocycles. The highest BCUT2D eigenvalue weighted by atomic mass is 32.1. The third-order valence-electron chi connectivity index (χ3n) is 6.58. The van der Waals surface area contributed by atoms with Crippen LogP contribution in [0.4, 0.5) is 4.39 Å². The number of nitrogens with zero attached hydrogens (tertiary/aromatic N) is 2. The lowest BCUT2D eigenvalue weighted by Gasteiger charge is -2.28. The van der Waals surface area contributed by atoms with E-state index in [1.807, 2.05) is 28.4 Å². The summed E-state index contributed by atoms with van der Waals surface area (Å²) in [5, 5.41) is 2.15. The molecule has 33 heavy (non-hydrogen) atoms. The van der Waals surface area contributed by atoms with Gasteiger partial charge in [-0.3, -0.25) is 9.69 Å². The number of aryl methyl sites for hydroxylation is 1. The van der Waals surface area contributed by atoms with Gasteiger partial charge >= 0.3 is 0 Å². The molecule has 0 radical (unpaired) electrons. The van der Waals surface area contributed by atoms with Crippen molar-refractivity contribution in [3.63, 3.8) is 0 Å². The molecule has 3 aromatic rings. The van der Waals surface area contributed by atoms with Crippen LogP contribution >= 0.6 is 11.3 Å². The summed E-state index contributed by atoms with van der Waals surface area (Å²) in [5.74, 6) is 1.26. The molecule has 0 bridgehead atoms. The fourth-order valence-corrected chi connectivity index (χ4v) is 5.62. The molecule has 2 atom stereocenters. The second-order valence-electron chi connectivity index (χ2n) is 8.89. The van der Waals surface area contributed by atoms with Gasteiger partial charge in [0.05, 0.1) is 7.11 Å². The number of ether oxygens (including phenoxy) is 1. The van der Waals surface area contributed by atoms with Crippen molar-refractivity contribution in [3.05, 3.63) is 87.4 Å². The summed E-state index contributed by atoms with van der Waals surface area (Å²) in [6.45, 7) is 7.77. The summed E-state index contributed by atoms with van der Waals surface area (Å²) in [4.78, 5) is 18.3. The van der Waals surface area contributed by atoms with E-state index in [1.165, 1.54) is 28.1 Å². The molecule has 4 nitrogen and oxygen atoms in total. The van der Waals surface area contributed by atoms with Crippen molar-refractivity contribution >= 4 is 17.2 Å². The van der Waals surface area contributed by atoms with E-state index in [0.717, 1.165) is 30.9 Å². The van der Waals surface area contributed by atoms with Crippen LogP contribution in [0.25, 0.3) is 0 Å². The molecule has 0 N–H and O–H groups in total. The van der Waals surface area contributed by atoms with Crippen molar-refractivity contribution in [1.29, 1.82) is 0 Å². The SMILES string of the molecule is COc1ccc([C@H]2CN(Cc3sccc3C)C[C@@H]2CN(Cc2ccc(F)cc2)C(C)=O)cc1. The summed E-state index contributed by atoms with van der Waals surface area (Å²) in [7, 11) is 1.68. The maximum absolute atomic E-state index is 13.3. The van der Waals surface area contributed by atoms with Gasteiger partial charge in [-0.2, -0.15) is 0 Å². The standard InChI is InChI=1S/C27H31FN2O2S/c1-19-12-13-33-27(19)18-29-15-23(26(17-29)22-6-10-25(32-3)11-7-22)16-30(20(2)31)14-21-4-8-24(28)9-5-21/h4-13,23,26H,14-18H2,1-3H3/t23-,26-/m1/s1. The number of halogens is 1. The van der Waals surface area contributed by atoms with E-state index in [4.69, 9.17) is 4.74 Å². The maximum Gasteiger partial charge on any atom is 0.219 e. The summed E-state index contributed by atoms with van der Waals surface area (Å²) < 4.78 is 18.7. The second-order valence-corrected chi connectivity index (χ2v) is 9.89. The molecule has 1 aliphatic rings. The summed E-state index contributed by atoms with van der Waals surface area (Å²) in [6, 6.07) is 16.9. The number of likely N-dealkylation sites (tertiary alicyclic amines) is 1. The largest absolute Gasteiger partial charge is 0.497 e. The first-order chi connectivity index (χ1) is 15.9. The van der Waals surface area contributed by atoms with E-state index in [0.29, 0.717) is 24.9 Å². The van der Waals surface area contributed by atoms with Crippen molar-refractivity contribution < 1.29 is 13.9 Å². The van der Waals surface area contributed by atoms with Gasteiger partial charge in [0, 0.05) is 50.4 Å². The molecule has 0 unspecified atom stereocenters. The number of benzene rings is 2. The van der Waals surface area contributed by atoms with E-state index in [2.05, 4.69) is 35.4 Å². The molecule has 4 rings (SSSR count). The Hall–Kier alpha value is -2.70. The third-order valence-corrected chi connectivity index (χ3v) is 7.59. The normalized spacial score (nSPS) is 18.4. The molecule has 1 fully saturated rings.